The number of aliphatic hydroxyl groups excluding tert-OH is 2. The Hall–Kier alpha value is -1.60. The van der Waals surface area contributed by atoms with Crippen molar-refractivity contribution < 1.29 is 39.1 Å². The molecule has 0 aromatic rings. The molecule has 0 radical (unpaired) electrons. The Bertz CT molecular complexity index is 297. The number of carboxylic acid groups (broad SMARTS) is 1. The van der Waals surface area contributed by atoms with Crippen molar-refractivity contribution in [2.24, 2.45) is 11.5 Å². The summed E-state index contributed by atoms with van der Waals surface area (Å²) < 4.78 is 15.0. The van der Waals surface area contributed by atoms with Crippen molar-refractivity contribution >= 4 is 11.9 Å². The first-order chi connectivity index (χ1) is 10.4. The molecule has 23 heavy (non-hydrogen) atoms. The van der Waals surface area contributed by atoms with E-state index in [2.05, 4.69) is 5.73 Å². The van der Waals surface area contributed by atoms with Gasteiger partial charge in [-0.2, -0.15) is 0 Å². The predicted molar refractivity (Wildman–Crippen MR) is 80.7 cm³/mol. The highest BCUT2D eigenvalue weighted by Gasteiger charge is 1.95. The molecule has 10 N–H and O–H groups in total. The lowest BCUT2D eigenvalue weighted by Crippen LogP contribution is -2.26. The Morgan fingerprint density at radius 3 is 1.83 bits per heavy atom. The van der Waals surface area contributed by atoms with Gasteiger partial charge in [0.2, 0.25) is 5.91 Å². The van der Waals surface area contributed by atoms with Crippen molar-refractivity contribution in [3.05, 3.63) is 12.2 Å². The Kier molecular flexibility index (Phi) is 23.3. The molecule has 138 valence electrons. The smallest absolute Gasteiger partial charge is 0.328 e. The van der Waals surface area contributed by atoms with Gasteiger partial charge in [-0.3, -0.25) is 4.79 Å². The van der Waals surface area contributed by atoms with E-state index in [-0.39, 0.29) is 19.4 Å². The molecular formula is C12H27N3O8. The van der Waals surface area contributed by atoms with Crippen LogP contribution in [0.4, 0.5) is 0 Å². The van der Waals surface area contributed by atoms with Gasteiger partial charge in [0.25, 0.3) is 0 Å². The summed E-state index contributed by atoms with van der Waals surface area (Å²) in [6.07, 6.45) is 0.535. The third-order valence-electron chi connectivity index (χ3n) is 1.66. The molecule has 0 saturated heterocycles. The van der Waals surface area contributed by atoms with Crippen molar-refractivity contribution in [1.82, 2.24) is 6.15 Å². The van der Waals surface area contributed by atoms with Crippen LogP contribution in [0.2, 0.25) is 0 Å². The predicted octanol–water partition coefficient (Wildman–Crippen LogP) is -2.42. The number of hydrogen-bond donors (Lipinski definition) is 6. The Labute approximate surface area is 134 Å². The van der Waals surface area contributed by atoms with Crippen LogP contribution in [-0.4, -0.2) is 79.7 Å². The van der Waals surface area contributed by atoms with Crippen molar-refractivity contribution in [3.63, 3.8) is 0 Å². The summed E-state index contributed by atoms with van der Waals surface area (Å²) in [6.45, 7) is 2.24. The lowest BCUT2D eigenvalue weighted by Gasteiger charge is -2.07. The molecule has 0 fully saturated rings. The third kappa shape index (κ3) is 33.3. The second-order valence-electron chi connectivity index (χ2n) is 3.66. The van der Waals surface area contributed by atoms with Crippen LogP contribution in [0.1, 0.15) is 0 Å². The normalized spacial score (nSPS) is 11.3. The van der Waals surface area contributed by atoms with Crippen LogP contribution >= 0.6 is 0 Å². The summed E-state index contributed by atoms with van der Waals surface area (Å²) in [5.41, 5.74) is 9.59. The van der Waals surface area contributed by atoms with E-state index >= 15 is 0 Å². The summed E-state index contributed by atoms with van der Waals surface area (Å²) in [5.74, 6) is -1.93. The fourth-order valence-corrected chi connectivity index (χ4v) is 0.862. The molecule has 11 heteroatoms. The average Bonchev–Trinajstić information content (AvgIpc) is 2.44. The van der Waals surface area contributed by atoms with Crippen LogP contribution < -0.4 is 17.6 Å². The van der Waals surface area contributed by atoms with Gasteiger partial charge in [0, 0.05) is 12.2 Å². The van der Waals surface area contributed by atoms with E-state index in [0.29, 0.717) is 39.1 Å². The lowest BCUT2D eigenvalue weighted by molar-refractivity contribution is -0.131. The highest BCUT2D eigenvalue weighted by atomic mass is 16.5. The second kappa shape index (κ2) is 20.4. The van der Waals surface area contributed by atoms with Crippen LogP contribution in [0.3, 0.4) is 0 Å². The molecule has 0 aliphatic rings. The van der Waals surface area contributed by atoms with Gasteiger partial charge in [0.1, 0.15) is 6.23 Å². The van der Waals surface area contributed by atoms with Gasteiger partial charge in [-0.25, -0.2) is 4.79 Å². The van der Waals surface area contributed by atoms with Gasteiger partial charge in [-0.1, -0.05) is 0 Å². The minimum Gasteiger partial charge on any atom is -0.478 e. The fourth-order valence-electron chi connectivity index (χ4n) is 0.862. The van der Waals surface area contributed by atoms with Gasteiger partial charge in [-0.15, -0.1) is 0 Å². The maximum Gasteiger partial charge on any atom is 0.328 e. The van der Waals surface area contributed by atoms with Crippen molar-refractivity contribution in [2.45, 2.75) is 6.23 Å². The maximum atomic E-state index is 9.78. The number of amides is 1. The first-order valence-corrected chi connectivity index (χ1v) is 6.38. The number of carbonyl (C=O) groups excluding carboxylic acids is 1. The van der Waals surface area contributed by atoms with Crippen molar-refractivity contribution in [1.29, 1.82) is 0 Å². The molecule has 0 saturated carbocycles. The van der Waals surface area contributed by atoms with Gasteiger partial charge < -0.3 is 47.1 Å². The molecule has 0 spiro atoms. The van der Waals surface area contributed by atoms with Gasteiger partial charge >= 0.3 is 5.97 Å². The quantitative estimate of drug-likeness (QED) is 0.126. The van der Waals surface area contributed by atoms with Crippen molar-refractivity contribution in [2.75, 3.05) is 46.2 Å². The van der Waals surface area contributed by atoms with Crippen LogP contribution in [0.25, 0.3) is 0 Å². The third-order valence-corrected chi connectivity index (χ3v) is 1.66. The zero-order chi connectivity index (χ0) is 17.2. The molecule has 0 aromatic heterocycles. The summed E-state index contributed by atoms with van der Waals surface area (Å²) in [6, 6.07) is 0. The number of aliphatic hydroxyl groups is 2. The van der Waals surface area contributed by atoms with E-state index in [4.69, 9.17) is 35.3 Å². The first kappa shape index (κ1) is 26.3. The Morgan fingerprint density at radius 2 is 1.48 bits per heavy atom. The van der Waals surface area contributed by atoms with Crippen LogP contribution in [0, 0.1) is 0 Å². The molecule has 0 aliphatic heterocycles. The Balaban J connectivity index is -0.000000382. The number of nitrogens with two attached hydrogens (primary N) is 2. The highest BCUT2D eigenvalue weighted by molar-refractivity contribution is 5.92. The first-order valence-electron chi connectivity index (χ1n) is 6.38. The second-order valence-corrected chi connectivity index (χ2v) is 3.66. The summed E-state index contributed by atoms with van der Waals surface area (Å²) >= 11 is 0. The molecule has 1 amide bonds. The minimum atomic E-state index is -1.18. The number of hydrogen-bond acceptors (Lipinski definition) is 9. The molecular weight excluding hydrogens is 314 g/mol. The Morgan fingerprint density at radius 1 is 1.00 bits per heavy atom. The zero-order valence-electron chi connectivity index (χ0n) is 12.9. The number of carboxylic acids is 1. The molecule has 1 unspecified atom stereocenters. The van der Waals surface area contributed by atoms with Crippen LogP contribution in [-0.2, 0) is 23.8 Å². The molecule has 0 heterocycles. The molecule has 0 bridgehead atoms. The average molecular weight is 341 g/mol. The zero-order valence-corrected chi connectivity index (χ0v) is 12.9. The number of carbonyl (C=O) groups is 2. The largest absolute Gasteiger partial charge is 0.478 e. The minimum absolute atomic E-state index is 0. The summed E-state index contributed by atoms with van der Waals surface area (Å²) in [7, 11) is 0. The molecule has 1 atom stereocenters. The topological polar surface area (TPSA) is 210 Å². The van der Waals surface area contributed by atoms with Gasteiger partial charge in [-0.05, 0) is 0 Å². The lowest BCUT2D eigenvalue weighted by atomic mass is 10.5. The van der Waals surface area contributed by atoms with E-state index in [0.717, 1.165) is 6.08 Å². The molecule has 0 aliphatic carbocycles. The standard InChI is InChI=1S/C8H19NO5.C4H5NO3.H3N/c9-8(11)7-14-6-5-13-4-3-12-2-1-10;5-3(6)1-2-4(7)8;/h8,10-11H,1-7,9H2;1-2H,(H2,5,6)(H,7,8);1H3/b;2-1-;. The number of aliphatic carboxylic acids is 1. The number of primary amides is 1. The van der Waals surface area contributed by atoms with E-state index in [1.807, 2.05) is 0 Å². The summed E-state index contributed by atoms with van der Waals surface area (Å²) in [5, 5.41) is 24.9. The van der Waals surface area contributed by atoms with E-state index < -0.39 is 18.1 Å². The SMILES string of the molecule is N.NC(=O)/C=C\C(=O)O.NC(O)COCCOCCOCCO. The molecule has 11 nitrogen and oxygen atoms in total. The number of rotatable bonds is 12. The molecule has 0 rings (SSSR count). The van der Waals surface area contributed by atoms with Crippen molar-refractivity contribution in [3.8, 4) is 0 Å². The maximum absolute atomic E-state index is 9.78. The number of ether oxygens (including phenoxy) is 3. The van der Waals surface area contributed by atoms with Crippen LogP contribution in [0.15, 0.2) is 12.2 Å². The van der Waals surface area contributed by atoms with Crippen LogP contribution in [0.5, 0.6) is 0 Å². The van der Waals surface area contributed by atoms with Gasteiger partial charge in [0.05, 0.1) is 46.2 Å². The highest BCUT2D eigenvalue weighted by Crippen LogP contribution is 1.81. The van der Waals surface area contributed by atoms with E-state index in [1.54, 1.807) is 0 Å². The van der Waals surface area contributed by atoms with E-state index in [9.17, 15) is 9.59 Å². The monoisotopic (exact) mass is 341 g/mol. The summed E-state index contributed by atoms with van der Waals surface area (Å²) in [4.78, 5) is 19.4. The fraction of sp³-hybridized carbons (Fsp3) is 0.667. The molecule has 0 aromatic carbocycles. The van der Waals surface area contributed by atoms with Gasteiger partial charge in [0.15, 0.2) is 0 Å². The van der Waals surface area contributed by atoms with E-state index in [1.165, 1.54) is 0 Å².